The van der Waals surface area contributed by atoms with Gasteiger partial charge in [0.15, 0.2) is 0 Å². The molecule has 0 aliphatic heterocycles. The Balaban J connectivity index is 3.48. The van der Waals surface area contributed by atoms with Crippen LogP contribution in [0.5, 0.6) is 0 Å². The molecule has 0 aromatic heterocycles. The van der Waals surface area contributed by atoms with E-state index < -0.39 is 0 Å². The zero-order valence-corrected chi connectivity index (χ0v) is 8.32. The molecule has 76 valence electrons. The van der Waals surface area contributed by atoms with E-state index >= 15 is 0 Å². The van der Waals surface area contributed by atoms with Crippen molar-refractivity contribution in [2.75, 3.05) is 19.8 Å². The van der Waals surface area contributed by atoms with Crippen LogP contribution in [0.15, 0.2) is 0 Å². The van der Waals surface area contributed by atoms with E-state index in [0.29, 0.717) is 13.2 Å². The number of ether oxygens (including phenoxy) is 2. The lowest BCUT2D eigenvalue weighted by molar-refractivity contribution is -0.0630. The summed E-state index contributed by atoms with van der Waals surface area (Å²) in [6.45, 7) is 4.70. The minimum atomic E-state index is -0.0931. The summed E-state index contributed by atoms with van der Waals surface area (Å²) in [5.74, 6) is 2.38. The predicted molar refractivity (Wildman–Crippen MR) is 51.4 cm³/mol. The molecule has 0 aromatic carbocycles. The van der Waals surface area contributed by atoms with E-state index in [0.717, 1.165) is 6.42 Å². The maximum absolute atomic E-state index is 8.85. The Morgan fingerprint density at radius 2 is 2.23 bits per heavy atom. The second kappa shape index (κ2) is 8.06. The van der Waals surface area contributed by atoms with Crippen molar-refractivity contribution in [2.24, 2.45) is 0 Å². The second-order valence-electron chi connectivity index (χ2n) is 2.88. The molecule has 3 heteroatoms. The number of aliphatic hydroxyl groups is 1. The number of aliphatic hydroxyl groups excluding tert-OH is 1. The van der Waals surface area contributed by atoms with Crippen molar-refractivity contribution in [3.05, 3.63) is 0 Å². The SMILES string of the molecule is C#CCOCC(C)OC(CC)CO. The van der Waals surface area contributed by atoms with Crippen LogP contribution >= 0.6 is 0 Å². The van der Waals surface area contributed by atoms with Crippen LogP contribution < -0.4 is 0 Å². The molecule has 0 rings (SSSR count). The van der Waals surface area contributed by atoms with E-state index in [4.69, 9.17) is 21.0 Å². The summed E-state index contributed by atoms with van der Waals surface area (Å²) in [6, 6.07) is 0. The van der Waals surface area contributed by atoms with Crippen LogP contribution in [0.2, 0.25) is 0 Å². The van der Waals surface area contributed by atoms with Crippen molar-refractivity contribution < 1.29 is 14.6 Å². The molecule has 0 aliphatic rings. The van der Waals surface area contributed by atoms with Crippen molar-refractivity contribution in [3.8, 4) is 12.3 Å². The van der Waals surface area contributed by atoms with Gasteiger partial charge in [0, 0.05) is 0 Å². The molecular formula is C10H18O3. The molecule has 0 spiro atoms. The monoisotopic (exact) mass is 186 g/mol. The Bertz CT molecular complexity index is 147. The van der Waals surface area contributed by atoms with Crippen molar-refractivity contribution in [1.29, 1.82) is 0 Å². The fourth-order valence-electron chi connectivity index (χ4n) is 0.920. The third-order valence-electron chi connectivity index (χ3n) is 1.62. The van der Waals surface area contributed by atoms with Gasteiger partial charge in [-0.1, -0.05) is 12.8 Å². The molecule has 0 amide bonds. The molecule has 0 saturated heterocycles. The molecule has 3 nitrogen and oxygen atoms in total. The number of terminal acetylenes is 1. The van der Waals surface area contributed by atoms with E-state index in [1.54, 1.807) is 0 Å². The lowest BCUT2D eigenvalue weighted by Gasteiger charge is -2.19. The number of rotatable bonds is 7. The van der Waals surface area contributed by atoms with Gasteiger partial charge in [-0.3, -0.25) is 0 Å². The maximum Gasteiger partial charge on any atom is 0.107 e. The summed E-state index contributed by atoms with van der Waals surface area (Å²) in [5.41, 5.74) is 0. The normalized spacial score (nSPS) is 14.9. The predicted octanol–water partition coefficient (Wildman–Crippen LogP) is 0.812. The quantitative estimate of drug-likeness (QED) is 0.472. The highest BCUT2D eigenvalue weighted by Crippen LogP contribution is 2.02. The molecule has 13 heavy (non-hydrogen) atoms. The highest BCUT2D eigenvalue weighted by molar-refractivity contribution is 4.82. The summed E-state index contributed by atoms with van der Waals surface area (Å²) in [5, 5.41) is 8.85. The summed E-state index contributed by atoms with van der Waals surface area (Å²) < 4.78 is 10.5. The number of hydrogen-bond acceptors (Lipinski definition) is 3. The van der Waals surface area contributed by atoms with Gasteiger partial charge in [-0.05, 0) is 13.3 Å². The van der Waals surface area contributed by atoms with Crippen LogP contribution in [0.1, 0.15) is 20.3 Å². The molecule has 0 saturated carbocycles. The molecule has 1 N–H and O–H groups in total. The van der Waals surface area contributed by atoms with Crippen LogP contribution in [0.4, 0.5) is 0 Å². The fraction of sp³-hybridized carbons (Fsp3) is 0.800. The van der Waals surface area contributed by atoms with Gasteiger partial charge in [-0.25, -0.2) is 0 Å². The van der Waals surface area contributed by atoms with Gasteiger partial charge in [0.05, 0.1) is 25.4 Å². The first-order chi connectivity index (χ1) is 6.24. The topological polar surface area (TPSA) is 38.7 Å². The first kappa shape index (κ1) is 12.4. The summed E-state index contributed by atoms with van der Waals surface area (Å²) in [7, 11) is 0. The lowest BCUT2D eigenvalue weighted by Crippen LogP contribution is -2.26. The first-order valence-corrected chi connectivity index (χ1v) is 4.52. The molecule has 0 aromatic rings. The summed E-state index contributed by atoms with van der Waals surface area (Å²) in [6.07, 6.45) is 5.70. The minimum Gasteiger partial charge on any atom is -0.394 e. The van der Waals surface area contributed by atoms with Gasteiger partial charge in [-0.2, -0.15) is 0 Å². The third kappa shape index (κ3) is 6.59. The molecule has 0 aliphatic carbocycles. The van der Waals surface area contributed by atoms with Crippen LogP contribution in [-0.2, 0) is 9.47 Å². The van der Waals surface area contributed by atoms with Crippen molar-refractivity contribution >= 4 is 0 Å². The van der Waals surface area contributed by atoms with Gasteiger partial charge in [-0.15, -0.1) is 6.42 Å². The largest absolute Gasteiger partial charge is 0.394 e. The van der Waals surface area contributed by atoms with Gasteiger partial charge in [0.25, 0.3) is 0 Å². The smallest absolute Gasteiger partial charge is 0.107 e. The number of hydrogen-bond donors (Lipinski definition) is 1. The summed E-state index contributed by atoms with van der Waals surface area (Å²) >= 11 is 0. The van der Waals surface area contributed by atoms with E-state index in [1.807, 2.05) is 13.8 Å². The summed E-state index contributed by atoms with van der Waals surface area (Å²) in [4.78, 5) is 0. The van der Waals surface area contributed by atoms with Crippen LogP contribution in [0, 0.1) is 12.3 Å². The van der Waals surface area contributed by atoms with Gasteiger partial charge in [0.2, 0.25) is 0 Å². The molecule has 0 fully saturated rings. The fourth-order valence-corrected chi connectivity index (χ4v) is 0.920. The van der Waals surface area contributed by atoms with Gasteiger partial charge < -0.3 is 14.6 Å². The lowest BCUT2D eigenvalue weighted by atomic mass is 10.3. The van der Waals surface area contributed by atoms with Crippen LogP contribution in [-0.4, -0.2) is 37.1 Å². The Labute approximate surface area is 80.0 Å². The molecule has 0 bridgehead atoms. The van der Waals surface area contributed by atoms with Crippen molar-refractivity contribution in [1.82, 2.24) is 0 Å². The van der Waals surface area contributed by atoms with Gasteiger partial charge in [0.1, 0.15) is 6.61 Å². The molecule has 2 atom stereocenters. The first-order valence-electron chi connectivity index (χ1n) is 4.52. The Morgan fingerprint density at radius 3 is 2.69 bits per heavy atom. The Morgan fingerprint density at radius 1 is 1.54 bits per heavy atom. The standard InChI is InChI=1S/C10H18O3/c1-4-6-12-8-9(3)13-10(5-2)7-11/h1,9-11H,5-8H2,2-3H3. The Hall–Kier alpha value is -0.560. The average Bonchev–Trinajstić information content (AvgIpc) is 2.14. The van der Waals surface area contributed by atoms with Crippen LogP contribution in [0.3, 0.4) is 0 Å². The van der Waals surface area contributed by atoms with Gasteiger partial charge >= 0.3 is 0 Å². The van der Waals surface area contributed by atoms with Crippen LogP contribution in [0.25, 0.3) is 0 Å². The van der Waals surface area contributed by atoms with E-state index in [2.05, 4.69) is 5.92 Å². The molecule has 2 unspecified atom stereocenters. The maximum atomic E-state index is 8.85. The molecule has 0 radical (unpaired) electrons. The zero-order chi connectivity index (χ0) is 10.1. The third-order valence-corrected chi connectivity index (χ3v) is 1.62. The van der Waals surface area contributed by atoms with E-state index in [1.165, 1.54) is 0 Å². The average molecular weight is 186 g/mol. The van der Waals surface area contributed by atoms with Crippen molar-refractivity contribution in [3.63, 3.8) is 0 Å². The minimum absolute atomic E-state index is 0.0227. The molecule has 0 heterocycles. The molecular weight excluding hydrogens is 168 g/mol. The van der Waals surface area contributed by atoms with E-state index in [9.17, 15) is 0 Å². The Kier molecular flexibility index (Phi) is 7.71. The second-order valence-corrected chi connectivity index (χ2v) is 2.88. The zero-order valence-electron chi connectivity index (χ0n) is 8.32. The highest BCUT2D eigenvalue weighted by atomic mass is 16.5. The van der Waals surface area contributed by atoms with Crippen molar-refractivity contribution in [2.45, 2.75) is 32.5 Å². The highest BCUT2D eigenvalue weighted by Gasteiger charge is 2.09. The van der Waals surface area contributed by atoms with E-state index in [-0.39, 0.29) is 18.8 Å².